The van der Waals surface area contributed by atoms with E-state index in [1.54, 1.807) is 12.1 Å². The SMILES string of the molecule is N#CCOc1ccccc1CNCc1ccccc1F. The zero-order valence-corrected chi connectivity index (χ0v) is 11.0. The topological polar surface area (TPSA) is 45.0 Å². The lowest BCUT2D eigenvalue weighted by atomic mass is 10.2. The van der Waals surface area contributed by atoms with Gasteiger partial charge in [-0.05, 0) is 12.1 Å². The smallest absolute Gasteiger partial charge is 0.174 e. The van der Waals surface area contributed by atoms with Crippen LogP contribution in [0.2, 0.25) is 0 Å². The molecule has 0 aromatic heterocycles. The second-order valence-corrected chi connectivity index (χ2v) is 4.25. The van der Waals surface area contributed by atoms with E-state index in [-0.39, 0.29) is 12.4 Å². The van der Waals surface area contributed by atoms with Gasteiger partial charge in [0.25, 0.3) is 0 Å². The molecule has 102 valence electrons. The fourth-order valence-electron chi connectivity index (χ4n) is 1.87. The fourth-order valence-corrected chi connectivity index (χ4v) is 1.87. The monoisotopic (exact) mass is 270 g/mol. The van der Waals surface area contributed by atoms with Gasteiger partial charge in [-0.1, -0.05) is 36.4 Å². The lowest BCUT2D eigenvalue weighted by Gasteiger charge is -2.10. The largest absolute Gasteiger partial charge is 0.478 e. The van der Waals surface area contributed by atoms with Crippen molar-refractivity contribution in [1.29, 1.82) is 5.26 Å². The van der Waals surface area contributed by atoms with E-state index in [0.29, 0.717) is 24.4 Å². The fraction of sp³-hybridized carbons (Fsp3) is 0.188. The first-order chi connectivity index (χ1) is 9.81. The Balaban J connectivity index is 1.94. The molecule has 20 heavy (non-hydrogen) atoms. The van der Waals surface area contributed by atoms with E-state index in [1.165, 1.54) is 6.07 Å². The van der Waals surface area contributed by atoms with Gasteiger partial charge in [0.15, 0.2) is 6.61 Å². The zero-order chi connectivity index (χ0) is 14.2. The average Bonchev–Trinajstić information content (AvgIpc) is 2.48. The van der Waals surface area contributed by atoms with Gasteiger partial charge < -0.3 is 10.1 Å². The Hall–Kier alpha value is -2.38. The zero-order valence-electron chi connectivity index (χ0n) is 11.0. The summed E-state index contributed by atoms with van der Waals surface area (Å²) in [5, 5.41) is 11.7. The van der Waals surface area contributed by atoms with Crippen LogP contribution in [-0.2, 0) is 13.1 Å². The molecule has 0 spiro atoms. The minimum atomic E-state index is -0.214. The molecule has 0 saturated heterocycles. The van der Waals surface area contributed by atoms with Crippen molar-refractivity contribution in [3.63, 3.8) is 0 Å². The van der Waals surface area contributed by atoms with Crippen molar-refractivity contribution >= 4 is 0 Å². The molecule has 0 unspecified atom stereocenters. The van der Waals surface area contributed by atoms with Crippen LogP contribution in [0.3, 0.4) is 0 Å². The second-order valence-electron chi connectivity index (χ2n) is 4.25. The van der Waals surface area contributed by atoms with Gasteiger partial charge in [-0.3, -0.25) is 0 Å². The van der Waals surface area contributed by atoms with Crippen molar-refractivity contribution < 1.29 is 9.13 Å². The van der Waals surface area contributed by atoms with Gasteiger partial charge in [0.1, 0.15) is 17.6 Å². The summed E-state index contributed by atoms with van der Waals surface area (Å²) < 4.78 is 18.8. The predicted octanol–water partition coefficient (Wildman–Crippen LogP) is 3.02. The van der Waals surface area contributed by atoms with Crippen molar-refractivity contribution in [3.8, 4) is 11.8 Å². The van der Waals surface area contributed by atoms with E-state index in [9.17, 15) is 4.39 Å². The first-order valence-electron chi connectivity index (χ1n) is 6.33. The predicted molar refractivity (Wildman–Crippen MR) is 74.5 cm³/mol. The molecule has 0 atom stereocenters. The molecular formula is C16H15FN2O. The number of hydrogen-bond donors (Lipinski definition) is 1. The molecule has 2 rings (SSSR count). The van der Waals surface area contributed by atoms with Crippen molar-refractivity contribution in [2.24, 2.45) is 0 Å². The van der Waals surface area contributed by atoms with Crippen LogP contribution in [0.15, 0.2) is 48.5 Å². The van der Waals surface area contributed by atoms with Gasteiger partial charge in [0, 0.05) is 24.2 Å². The van der Waals surface area contributed by atoms with Gasteiger partial charge in [0.05, 0.1) is 0 Å². The molecule has 3 nitrogen and oxygen atoms in total. The molecule has 0 radical (unpaired) electrons. The van der Waals surface area contributed by atoms with Crippen LogP contribution in [0.1, 0.15) is 11.1 Å². The minimum absolute atomic E-state index is 0.0182. The third-order valence-electron chi connectivity index (χ3n) is 2.85. The number of hydrogen-bond acceptors (Lipinski definition) is 3. The molecular weight excluding hydrogens is 255 g/mol. The Bertz CT molecular complexity index is 607. The van der Waals surface area contributed by atoms with Crippen LogP contribution in [0.25, 0.3) is 0 Å². The number of nitrogens with zero attached hydrogens (tertiary/aromatic N) is 1. The highest BCUT2D eigenvalue weighted by atomic mass is 19.1. The van der Waals surface area contributed by atoms with Crippen LogP contribution in [-0.4, -0.2) is 6.61 Å². The summed E-state index contributed by atoms with van der Waals surface area (Å²) in [6.07, 6.45) is 0. The van der Waals surface area contributed by atoms with Crippen LogP contribution in [0, 0.1) is 17.1 Å². The summed E-state index contributed by atoms with van der Waals surface area (Å²) in [6.45, 7) is 1.01. The highest BCUT2D eigenvalue weighted by molar-refractivity contribution is 5.33. The van der Waals surface area contributed by atoms with E-state index >= 15 is 0 Å². The van der Waals surface area contributed by atoms with E-state index in [1.807, 2.05) is 36.4 Å². The lowest BCUT2D eigenvalue weighted by Crippen LogP contribution is -2.14. The third-order valence-corrected chi connectivity index (χ3v) is 2.85. The van der Waals surface area contributed by atoms with Crippen LogP contribution >= 0.6 is 0 Å². The van der Waals surface area contributed by atoms with E-state index in [0.717, 1.165) is 5.56 Å². The quantitative estimate of drug-likeness (QED) is 0.877. The van der Waals surface area contributed by atoms with E-state index in [2.05, 4.69) is 5.32 Å². The summed E-state index contributed by atoms with van der Waals surface area (Å²) >= 11 is 0. The molecule has 2 aromatic carbocycles. The number of benzene rings is 2. The number of halogens is 1. The van der Waals surface area contributed by atoms with Gasteiger partial charge in [0.2, 0.25) is 0 Å². The van der Waals surface area contributed by atoms with Crippen LogP contribution < -0.4 is 10.1 Å². The number of ether oxygens (including phenoxy) is 1. The summed E-state index contributed by atoms with van der Waals surface area (Å²) in [4.78, 5) is 0. The van der Waals surface area contributed by atoms with Crippen molar-refractivity contribution in [2.75, 3.05) is 6.61 Å². The number of nitrogens with one attached hydrogen (secondary N) is 1. The first kappa shape index (κ1) is 14.0. The highest BCUT2D eigenvalue weighted by Crippen LogP contribution is 2.17. The Morgan fingerprint density at radius 3 is 2.40 bits per heavy atom. The number of para-hydroxylation sites is 1. The molecule has 0 amide bonds. The Kier molecular flexibility index (Phi) is 5.10. The molecule has 2 aromatic rings. The third kappa shape index (κ3) is 3.81. The Morgan fingerprint density at radius 2 is 1.65 bits per heavy atom. The number of rotatable bonds is 6. The molecule has 0 aliphatic heterocycles. The van der Waals surface area contributed by atoms with Crippen molar-refractivity contribution in [2.45, 2.75) is 13.1 Å². The average molecular weight is 270 g/mol. The molecule has 1 N–H and O–H groups in total. The maximum Gasteiger partial charge on any atom is 0.174 e. The van der Waals surface area contributed by atoms with Gasteiger partial charge in [-0.25, -0.2) is 4.39 Å². The normalized spacial score (nSPS) is 10.0. The molecule has 0 heterocycles. The van der Waals surface area contributed by atoms with Gasteiger partial charge in [-0.2, -0.15) is 5.26 Å². The standard InChI is InChI=1S/C16H15FN2O/c17-15-7-3-1-5-13(15)11-19-12-14-6-2-4-8-16(14)20-10-9-18/h1-8,19H,10-12H2. The summed E-state index contributed by atoms with van der Waals surface area (Å²) in [7, 11) is 0. The van der Waals surface area contributed by atoms with Crippen LogP contribution in [0.4, 0.5) is 4.39 Å². The summed E-state index contributed by atoms with van der Waals surface area (Å²) in [5.74, 6) is 0.462. The molecule has 4 heteroatoms. The maximum absolute atomic E-state index is 13.5. The molecule has 0 saturated carbocycles. The van der Waals surface area contributed by atoms with E-state index in [4.69, 9.17) is 10.00 Å². The Labute approximate surface area is 117 Å². The second kappa shape index (κ2) is 7.27. The lowest BCUT2D eigenvalue weighted by molar-refractivity contribution is 0.362. The molecule has 0 aliphatic carbocycles. The van der Waals surface area contributed by atoms with Gasteiger partial charge in [-0.15, -0.1) is 0 Å². The van der Waals surface area contributed by atoms with Crippen molar-refractivity contribution in [3.05, 3.63) is 65.5 Å². The summed E-state index contributed by atoms with van der Waals surface area (Å²) in [5.41, 5.74) is 1.57. The first-order valence-corrected chi connectivity index (χ1v) is 6.33. The molecule has 0 bridgehead atoms. The molecule has 0 aliphatic rings. The van der Waals surface area contributed by atoms with Crippen LogP contribution in [0.5, 0.6) is 5.75 Å². The molecule has 0 fully saturated rings. The number of nitriles is 1. The summed E-state index contributed by atoms with van der Waals surface area (Å²) in [6, 6.07) is 16.1. The van der Waals surface area contributed by atoms with E-state index < -0.39 is 0 Å². The maximum atomic E-state index is 13.5. The minimum Gasteiger partial charge on any atom is -0.478 e. The Morgan fingerprint density at radius 1 is 1.00 bits per heavy atom. The van der Waals surface area contributed by atoms with Gasteiger partial charge >= 0.3 is 0 Å². The van der Waals surface area contributed by atoms with Crippen molar-refractivity contribution in [1.82, 2.24) is 5.32 Å². The highest BCUT2D eigenvalue weighted by Gasteiger charge is 2.04.